The van der Waals surface area contributed by atoms with Gasteiger partial charge in [0.15, 0.2) is 5.69 Å². The topological polar surface area (TPSA) is 116 Å². The minimum Gasteiger partial charge on any atom is -0.461 e. The zero-order valence-electron chi connectivity index (χ0n) is 18.0. The third-order valence-electron chi connectivity index (χ3n) is 4.37. The van der Waals surface area contributed by atoms with Crippen LogP contribution in [0, 0.1) is 0 Å². The predicted molar refractivity (Wildman–Crippen MR) is 132 cm³/mol. The molecule has 0 radical (unpaired) electrons. The first kappa shape index (κ1) is 26.3. The molecule has 0 fully saturated rings. The molecule has 34 heavy (non-hydrogen) atoms. The molecule has 14 heteroatoms. The van der Waals surface area contributed by atoms with E-state index in [1.165, 1.54) is 49.4 Å². The number of benzene rings is 2. The summed E-state index contributed by atoms with van der Waals surface area (Å²) in [5.41, 5.74) is -0.620. The molecule has 0 bridgehead atoms. The first-order valence-electron chi connectivity index (χ1n) is 9.47. The molecule has 0 aliphatic rings. The predicted octanol–water partition coefficient (Wildman–Crippen LogP) is 4.40. The van der Waals surface area contributed by atoms with Crippen LogP contribution in [0.3, 0.4) is 0 Å². The summed E-state index contributed by atoms with van der Waals surface area (Å²) in [5.74, 6) is -1.03. The fourth-order valence-electron chi connectivity index (χ4n) is 3.19. The second-order valence-corrected chi connectivity index (χ2v) is 12.2. The van der Waals surface area contributed by atoms with Crippen molar-refractivity contribution in [3.8, 4) is 16.9 Å². The zero-order chi connectivity index (χ0) is 25.4. The minimum absolute atomic E-state index is 0.0557. The van der Waals surface area contributed by atoms with Gasteiger partial charge in [0.2, 0.25) is 20.0 Å². The number of esters is 1. The van der Waals surface area contributed by atoms with Crippen LogP contribution in [0.15, 0.2) is 42.5 Å². The number of carbonyl (C=O) groups is 1. The van der Waals surface area contributed by atoms with Crippen LogP contribution in [0.4, 0.5) is 5.69 Å². The Hall–Kier alpha value is -2.31. The van der Waals surface area contributed by atoms with E-state index in [0.717, 1.165) is 4.68 Å². The van der Waals surface area contributed by atoms with E-state index >= 15 is 0 Å². The lowest BCUT2D eigenvalue weighted by atomic mass is 10.1. The number of hydrogen-bond acceptors (Lipinski definition) is 7. The molecule has 0 atom stereocenters. The molecule has 3 aromatic rings. The van der Waals surface area contributed by atoms with E-state index in [9.17, 15) is 21.6 Å². The van der Waals surface area contributed by atoms with Crippen molar-refractivity contribution in [1.29, 1.82) is 0 Å². The number of rotatable bonds is 7. The number of nitrogens with zero attached hydrogens (tertiary/aromatic N) is 3. The van der Waals surface area contributed by atoms with Crippen LogP contribution in [0.1, 0.15) is 17.4 Å². The van der Waals surface area contributed by atoms with Crippen LogP contribution in [0.25, 0.3) is 16.9 Å². The van der Waals surface area contributed by atoms with E-state index in [2.05, 4.69) is 5.10 Å². The van der Waals surface area contributed by atoms with Crippen molar-refractivity contribution in [3.63, 3.8) is 0 Å². The fraction of sp³-hybridized carbons (Fsp3) is 0.200. The van der Waals surface area contributed by atoms with E-state index in [-0.39, 0.29) is 26.7 Å². The second kappa shape index (κ2) is 9.74. The molecule has 0 spiro atoms. The van der Waals surface area contributed by atoms with E-state index < -0.39 is 37.4 Å². The minimum atomic E-state index is -4.47. The van der Waals surface area contributed by atoms with Crippen molar-refractivity contribution in [1.82, 2.24) is 9.78 Å². The van der Waals surface area contributed by atoms with Crippen LogP contribution < -0.4 is 3.71 Å². The highest BCUT2D eigenvalue weighted by molar-refractivity contribution is 8.09. The molecule has 3 rings (SSSR count). The zero-order valence-corrected chi connectivity index (χ0v) is 21.9. The monoisotopic (exact) mass is 565 g/mol. The van der Waals surface area contributed by atoms with Gasteiger partial charge in [-0.15, -0.1) is 0 Å². The van der Waals surface area contributed by atoms with Gasteiger partial charge in [-0.1, -0.05) is 46.9 Å². The largest absolute Gasteiger partial charge is 0.461 e. The van der Waals surface area contributed by atoms with E-state index in [0.29, 0.717) is 28.1 Å². The summed E-state index contributed by atoms with van der Waals surface area (Å²) in [6, 6.07) is 10.5. The highest BCUT2D eigenvalue weighted by Crippen LogP contribution is 2.40. The summed E-state index contributed by atoms with van der Waals surface area (Å²) in [7, 11) is -8.93. The average molecular weight is 567 g/mol. The molecule has 0 saturated carbocycles. The van der Waals surface area contributed by atoms with Crippen LogP contribution in [0.2, 0.25) is 15.1 Å². The molecule has 0 aliphatic heterocycles. The molecule has 0 amide bonds. The van der Waals surface area contributed by atoms with Crippen LogP contribution >= 0.6 is 34.8 Å². The van der Waals surface area contributed by atoms with Gasteiger partial charge in [0.05, 0.1) is 29.8 Å². The summed E-state index contributed by atoms with van der Waals surface area (Å²) in [4.78, 5) is 12.9. The normalized spacial score (nSPS) is 11.9. The fourth-order valence-corrected chi connectivity index (χ4v) is 6.78. The highest BCUT2D eigenvalue weighted by atomic mass is 35.5. The molecule has 1 heterocycles. The molecule has 1 aromatic heterocycles. The Morgan fingerprint density at radius 2 is 1.53 bits per heavy atom. The molecule has 0 aliphatic carbocycles. The van der Waals surface area contributed by atoms with Gasteiger partial charge in [0, 0.05) is 15.6 Å². The number of halogens is 3. The molecule has 9 nitrogen and oxygen atoms in total. The first-order valence-corrected chi connectivity index (χ1v) is 14.3. The van der Waals surface area contributed by atoms with Crippen molar-refractivity contribution in [3.05, 3.63) is 63.2 Å². The SMILES string of the molecule is CCOC(=O)c1nn(-c2ccc(Cl)cc2Cl)c(-c2ccc(Cl)cc2)c1N(S(C)(=O)=O)S(C)(=O)=O. The van der Waals surface area contributed by atoms with Gasteiger partial charge in [-0.05, 0) is 37.3 Å². The smallest absolute Gasteiger partial charge is 0.361 e. The third-order valence-corrected chi connectivity index (χ3v) is 8.35. The van der Waals surface area contributed by atoms with E-state index in [1.54, 1.807) is 0 Å². The van der Waals surface area contributed by atoms with Crippen molar-refractivity contribution in [2.45, 2.75) is 6.92 Å². The van der Waals surface area contributed by atoms with Crippen LogP contribution in [-0.2, 0) is 24.8 Å². The maximum absolute atomic E-state index is 12.9. The Labute approximate surface area is 211 Å². The number of hydrogen-bond donors (Lipinski definition) is 0. The quantitative estimate of drug-likeness (QED) is 0.389. The second-order valence-electron chi connectivity index (χ2n) is 7.00. The summed E-state index contributed by atoms with van der Waals surface area (Å²) in [6.07, 6.45) is 1.39. The van der Waals surface area contributed by atoms with Gasteiger partial charge in [-0.3, -0.25) is 0 Å². The molecule has 0 saturated heterocycles. The number of sulfonamides is 2. The van der Waals surface area contributed by atoms with Crippen LogP contribution in [0.5, 0.6) is 0 Å². The van der Waals surface area contributed by atoms with Crippen molar-refractivity contribution in [2.24, 2.45) is 0 Å². The Bertz CT molecular complexity index is 1440. The first-order chi connectivity index (χ1) is 15.8. The highest BCUT2D eigenvalue weighted by Gasteiger charge is 2.38. The van der Waals surface area contributed by atoms with E-state index in [4.69, 9.17) is 39.5 Å². The number of anilines is 1. The van der Waals surface area contributed by atoms with Gasteiger partial charge in [0.1, 0.15) is 11.4 Å². The summed E-state index contributed by atoms with van der Waals surface area (Å²) in [5, 5.41) is 5.04. The number of ether oxygens (including phenoxy) is 1. The maximum Gasteiger partial charge on any atom is 0.361 e. The Morgan fingerprint density at radius 1 is 0.971 bits per heavy atom. The molecule has 0 N–H and O–H groups in total. The number of aromatic nitrogens is 2. The molecule has 2 aromatic carbocycles. The average Bonchev–Trinajstić information content (AvgIpc) is 3.06. The third kappa shape index (κ3) is 5.33. The van der Waals surface area contributed by atoms with Gasteiger partial charge in [0.25, 0.3) is 0 Å². The molecule has 0 unspecified atom stereocenters. The van der Waals surface area contributed by atoms with E-state index in [1.807, 2.05) is 0 Å². The van der Waals surface area contributed by atoms with Gasteiger partial charge in [-0.2, -0.15) is 8.81 Å². The Balaban J connectivity index is 2.57. The maximum atomic E-state index is 12.9. The lowest BCUT2D eigenvalue weighted by molar-refractivity contribution is 0.0520. The van der Waals surface area contributed by atoms with Crippen molar-refractivity contribution >= 4 is 66.5 Å². The van der Waals surface area contributed by atoms with Crippen molar-refractivity contribution < 1.29 is 26.4 Å². The van der Waals surface area contributed by atoms with Gasteiger partial charge in [-0.25, -0.2) is 26.3 Å². The number of carbonyl (C=O) groups excluding carboxylic acids is 1. The Kier molecular flexibility index (Phi) is 7.54. The summed E-state index contributed by atoms with van der Waals surface area (Å²) < 4.78 is 57.1. The molecular weight excluding hydrogens is 549 g/mol. The standard InChI is InChI=1S/C20H18Cl3N3O6S2/c1-4-32-20(27)17-19(26(33(2,28)29)34(3,30)31)18(12-5-7-13(21)8-6-12)25(24-17)16-10-9-14(22)11-15(16)23/h5-11H,4H2,1-3H3. The van der Waals surface area contributed by atoms with Crippen LogP contribution in [-0.4, -0.2) is 51.7 Å². The van der Waals surface area contributed by atoms with Gasteiger partial charge < -0.3 is 4.74 Å². The summed E-state index contributed by atoms with van der Waals surface area (Å²) in [6.45, 7) is 1.47. The van der Waals surface area contributed by atoms with Gasteiger partial charge >= 0.3 is 5.97 Å². The molecule has 182 valence electrons. The Morgan fingerprint density at radius 3 is 2.03 bits per heavy atom. The molecular formula is C20H18Cl3N3O6S2. The summed E-state index contributed by atoms with van der Waals surface area (Å²) >= 11 is 18.4. The lowest BCUT2D eigenvalue weighted by Crippen LogP contribution is -2.36. The lowest BCUT2D eigenvalue weighted by Gasteiger charge is -2.21. The van der Waals surface area contributed by atoms with Crippen molar-refractivity contribution in [2.75, 3.05) is 22.8 Å².